The number of nitrogens with zero attached hydrogens (tertiary/aromatic N) is 1. The van der Waals surface area contributed by atoms with Crippen molar-refractivity contribution < 1.29 is 35.9 Å². The van der Waals surface area contributed by atoms with Crippen LogP contribution >= 0.6 is 0 Å². The summed E-state index contributed by atoms with van der Waals surface area (Å²) in [6.07, 6.45) is -8.96. The van der Waals surface area contributed by atoms with Crippen LogP contribution in [0.25, 0.3) is 11.3 Å². The Hall–Kier alpha value is -2.58. The van der Waals surface area contributed by atoms with Gasteiger partial charge in [-0.15, -0.1) is 13.2 Å². The SMILES string of the molecule is O=Cc1cc(C(F)(F)F)cnc1-c1cccc(OC(F)(F)F)c1. The van der Waals surface area contributed by atoms with E-state index in [0.717, 1.165) is 12.1 Å². The van der Waals surface area contributed by atoms with Gasteiger partial charge >= 0.3 is 12.5 Å². The van der Waals surface area contributed by atoms with E-state index in [1.54, 1.807) is 0 Å². The molecule has 0 aliphatic rings. The molecule has 23 heavy (non-hydrogen) atoms. The summed E-state index contributed by atoms with van der Waals surface area (Å²) in [6.45, 7) is 0. The van der Waals surface area contributed by atoms with Crippen LogP contribution in [-0.4, -0.2) is 17.6 Å². The van der Waals surface area contributed by atoms with Crippen LogP contribution in [0.15, 0.2) is 36.5 Å². The van der Waals surface area contributed by atoms with Crippen LogP contribution in [0.1, 0.15) is 15.9 Å². The van der Waals surface area contributed by atoms with Gasteiger partial charge in [-0.2, -0.15) is 13.2 Å². The summed E-state index contributed by atoms with van der Waals surface area (Å²) in [5.74, 6) is -0.575. The first-order valence-corrected chi connectivity index (χ1v) is 5.99. The van der Waals surface area contributed by atoms with Crippen molar-refractivity contribution in [2.24, 2.45) is 0 Å². The molecular weight excluding hydrogens is 328 g/mol. The normalized spacial score (nSPS) is 12.1. The third kappa shape index (κ3) is 4.21. The van der Waals surface area contributed by atoms with Crippen LogP contribution in [-0.2, 0) is 6.18 Å². The van der Waals surface area contributed by atoms with Crippen molar-refractivity contribution in [3.05, 3.63) is 47.7 Å². The van der Waals surface area contributed by atoms with Gasteiger partial charge in [0.25, 0.3) is 0 Å². The van der Waals surface area contributed by atoms with Crippen molar-refractivity contribution in [2.75, 3.05) is 0 Å². The molecule has 3 nitrogen and oxygen atoms in total. The number of benzene rings is 1. The molecule has 0 aliphatic carbocycles. The molecule has 0 N–H and O–H groups in total. The molecule has 122 valence electrons. The second-order valence-electron chi connectivity index (χ2n) is 4.35. The van der Waals surface area contributed by atoms with Gasteiger partial charge in [-0.3, -0.25) is 9.78 Å². The van der Waals surface area contributed by atoms with E-state index >= 15 is 0 Å². The third-order valence-corrected chi connectivity index (χ3v) is 2.71. The molecule has 2 aromatic rings. The molecule has 0 fully saturated rings. The average Bonchev–Trinajstić information content (AvgIpc) is 2.44. The summed E-state index contributed by atoms with van der Waals surface area (Å²) in [7, 11) is 0. The molecule has 1 aromatic heterocycles. The topological polar surface area (TPSA) is 39.2 Å². The fourth-order valence-corrected chi connectivity index (χ4v) is 1.81. The maximum absolute atomic E-state index is 12.6. The van der Waals surface area contributed by atoms with Crippen molar-refractivity contribution in [1.82, 2.24) is 4.98 Å². The summed E-state index contributed by atoms with van der Waals surface area (Å²) >= 11 is 0. The number of aromatic nitrogens is 1. The third-order valence-electron chi connectivity index (χ3n) is 2.71. The van der Waals surface area contributed by atoms with E-state index in [4.69, 9.17) is 0 Å². The Bertz CT molecular complexity index is 724. The molecule has 1 heterocycles. The lowest BCUT2D eigenvalue weighted by Crippen LogP contribution is -2.17. The van der Waals surface area contributed by atoms with E-state index in [0.29, 0.717) is 12.3 Å². The van der Waals surface area contributed by atoms with Crippen molar-refractivity contribution in [1.29, 1.82) is 0 Å². The summed E-state index contributed by atoms with van der Waals surface area (Å²) in [6, 6.07) is 5.01. The van der Waals surface area contributed by atoms with E-state index in [1.807, 2.05) is 0 Å². The van der Waals surface area contributed by atoms with Gasteiger partial charge in [-0.05, 0) is 18.2 Å². The van der Waals surface area contributed by atoms with Crippen molar-refractivity contribution in [2.45, 2.75) is 12.5 Å². The van der Waals surface area contributed by atoms with Crippen LogP contribution in [0.3, 0.4) is 0 Å². The van der Waals surface area contributed by atoms with Crippen LogP contribution in [0, 0.1) is 0 Å². The Morgan fingerprint density at radius 2 is 1.74 bits per heavy atom. The first-order chi connectivity index (χ1) is 10.6. The number of aldehydes is 1. The minimum Gasteiger partial charge on any atom is -0.406 e. The van der Waals surface area contributed by atoms with Crippen molar-refractivity contribution in [3.8, 4) is 17.0 Å². The lowest BCUT2D eigenvalue weighted by atomic mass is 10.0. The molecule has 9 heteroatoms. The molecule has 0 atom stereocenters. The average molecular weight is 335 g/mol. The zero-order valence-electron chi connectivity index (χ0n) is 11.1. The van der Waals surface area contributed by atoms with Crippen LogP contribution in [0.4, 0.5) is 26.3 Å². The number of pyridine rings is 1. The smallest absolute Gasteiger partial charge is 0.406 e. The number of rotatable bonds is 3. The minimum atomic E-state index is -4.92. The fraction of sp³-hybridized carbons (Fsp3) is 0.143. The number of alkyl halides is 6. The lowest BCUT2D eigenvalue weighted by Gasteiger charge is -2.12. The Balaban J connectivity index is 2.46. The van der Waals surface area contributed by atoms with Gasteiger partial charge in [-0.1, -0.05) is 12.1 Å². The molecule has 0 unspecified atom stereocenters. The number of carbonyl (C=O) groups is 1. The van der Waals surface area contributed by atoms with Gasteiger partial charge < -0.3 is 4.74 Å². The highest BCUT2D eigenvalue weighted by atomic mass is 19.4. The zero-order valence-corrected chi connectivity index (χ0v) is 11.1. The van der Waals surface area contributed by atoms with E-state index in [1.165, 1.54) is 12.1 Å². The minimum absolute atomic E-state index is 0.0163. The second-order valence-corrected chi connectivity index (χ2v) is 4.35. The van der Waals surface area contributed by atoms with Gasteiger partial charge in [0.05, 0.1) is 11.3 Å². The molecule has 0 aliphatic heterocycles. The maximum Gasteiger partial charge on any atom is 0.573 e. The van der Waals surface area contributed by atoms with E-state index in [9.17, 15) is 31.1 Å². The van der Waals surface area contributed by atoms with Gasteiger partial charge in [0.15, 0.2) is 6.29 Å². The monoisotopic (exact) mass is 335 g/mol. The standard InChI is InChI=1S/C14H7F6NO2/c15-13(16,17)10-4-9(7-22)12(21-6-10)8-2-1-3-11(5-8)23-14(18,19)20/h1-7H. The number of hydrogen-bond acceptors (Lipinski definition) is 3. The first kappa shape index (κ1) is 16.8. The number of ether oxygens (including phenoxy) is 1. The molecule has 0 amide bonds. The van der Waals surface area contributed by atoms with Gasteiger partial charge in [0.1, 0.15) is 5.75 Å². The predicted molar refractivity (Wildman–Crippen MR) is 66.7 cm³/mol. The Labute approximate surface area is 125 Å². The Kier molecular flexibility index (Phi) is 4.31. The van der Waals surface area contributed by atoms with E-state index in [2.05, 4.69) is 9.72 Å². The number of halogens is 6. The maximum atomic E-state index is 12.6. The highest BCUT2D eigenvalue weighted by molar-refractivity contribution is 5.86. The van der Waals surface area contributed by atoms with Gasteiger partial charge in [0.2, 0.25) is 0 Å². The Morgan fingerprint density at radius 1 is 1.04 bits per heavy atom. The van der Waals surface area contributed by atoms with Gasteiger partial charge in [-0.25, -0.2) is 0 Å². The highest BCUT2D eigenvalue weighted by Gasteiger charge is 2.32. The van der Waals surface area contributed by atoms with Crippen LogP contribution < -0.4 is 4.74 Å². The lowest BCUT2D eigenvalue weighted by molar-refractivity contribution is -0.274. The highest BCUT2D eigenvalue weighted by Crippen LogP contribution is 2.33. The molecule has 2 rings (SSSR count). The summed E-state index contributed by atoms with van der Waals surface area (Å²) in [5, 5.41) is 0. The van der Waals surface area contributed by atoms with Crippen molar-refractivity contribution in [3.63, 3.8) is 0 Å². The first-order valence-electron chi connectivity index (χ1n) is 5.99. The molecule has 1 aromatic carbocycles. The van der Waals surface area contributed by atoms with E-state index < -0.39 is 29.4 Å². The molecule has 0 radical (unpaired) electrons. The predicted octanol–water partition coefficient (Wildman–Crippen LogP) is 4.48. The summed E-state index contributed by atoms with van der Waals surface area (Å²) < 4.78 is 78.0. The number of carbonyl (C=O) groups excluding carboxylic acids is 1. The van der Waals surface area contributed by atoms with Crippen LogP contribution in [0.2, 0.25) is 0 Å². The molecule has 0 spiro atoms. The fourth-order valence-electron chi connectivity index (χ4n) is 1.81. The molecular formula is C14H7F6NO2. The van der Waals surface area contributed by atoms with Crippen molar-refractivity contribution >= 4 is 6.29 Å². The molecule has 0 bridgehead atoms. The Morgan fingerprint density at radius 3 is 2.30 bits per heavy atom. The largest absolute Gasteiger partial charge is 0.573 e. The summed E-state index contributed by atoms with van der Waals surface area (Å²) in [5.41, 5.74) is -1.70. The van der Waals surface area contributed by atoms with Crippen LogP contribution in [0.5, 0.6) is 5.75 Å². The second kappa shape index (κ2) is 5.90. The zero-order chi connectivity index (χ0) is 17.3. The molecule has 0 saturated carbocycles. The van der Waals surface area contributed by atoms with E-state index in [-0.39, 0.29) is 17.5 Å². The quantitative estimate of drug-likeness (QED) is 0.613. The summed E-state index contributed by atoms with van der Waals surface area (Å²) in [4.78, 5) is 14.5. The number of hydrogen-bond donors (Lipinski definition) is 0. The molecule has 0 saturated heterocycles. The van der Waals surface area contributed by atoms with Gasteiger partial charge in [0, 0.05) is 17.3 Å².